The summed E-state index contributed by atoms with van der Waals surface area (Å²) in [6, 6.07) is 0. The van der Waals surface area contributed by atoms with Gasteiger partial charge in [0.1, 0.15) is 0 Å². The lowest BCUT2D eigenvalue weighted by Crippen LogP contribution is -2.52. The number of fused-ring (bicyclic) bond motifs is 1. The zero-order valence-electron chi connectivity index (χ0n) is 13.5. The van der Waals surface area contributed by atoms with Gasteiger partial charge in [0.25, 0.3) is 5.91 Å². The maximum absolute atomic E-state index is 12.8. The highest BCUT2D eigenvalue weighted by Gasteiger charge is 2.42. The number of aryl methyl sites for hydroxylation is 1. The first-order chi connectivity index (χ1) is 10.7. The number of aromatic nitrogens is 2. The molecule has 3 aliphatic rings. The molecule has 2 saturated heterocycles. The van der Waals surface area contributed by atoms with Gasteiger partial charge >= 0.3 is 0 Å². The smallest absolute Gasteiger partial charge is 0.274 e. The number of rotatable bonds is 1. The van der Waals surface area contributed by atoms with E-state index >= 15 is 0 Å². The number of hydrogen-bond acceptors (Lipinski definition) is 3. The zero-order valence-corrected chi connectivity index (χ0v) is 13.5. The Bertz CT molecular complexity index is 571. The van der Waals surface area contributed by atoms with Crippen LogP contribution in [0.2, 0.25) is 0 Å². The van der Waals surface area contributed by atoms with Gasteiger partial charge in [-0.3, -0.25) is 9.89 Å². The molecule has 1 N–H and O–H groups in total. The van der Waals surface area contributed by atoms with E-state index in [4.69, 9.17) is 0 Å². The largest absolute Gasteiger partial charge is 0.337 e. The van der Waals surface area contributed by atoms with Crippen molar-refractivity contribution in [3.8, 4) is 0 Å². The van der Waals surface area contributed by atoms with Crippen LogP contribution in [0.4, 0.5) is 0 Å². The van der Waals surface area contributed by atoms with Crippen molar-refractivity contribution < 1.29 is 4.79 Å². The maximum atomic E-state index is 12.8. The van der Waals surface area contributed by atoms with Crippen molar-refractivity contribution in [1.82, 2.24) is 20.0 Å². The molecular weight excluding hydrogens is 276 g/mol. The molecule has 5 heteroatoms. The fourth-order valence-electron chi connectivity index (χ4n) is 4.64. The molecule has 2 aliphatic heterocycles. The predicted molar refractivity (Wildman–Crippen MR) is 85.0 cm³/mol. The first-order valence-corrected chi connectivity index (χ1v) is 8.76. The fraction of sp³-hybridized carbons (Fsp3) is 0.765. The number of carbonyl (C=O) groups is 1. The van der Waals surface area contributed by atoms with Gasteiger partial charge in [0, 0.05) is 29.9 Å². The van der Waals surface area contributed by atoms with Crippen LogP contribution >= 0.6 is 0 Å². The highest BCUT2D eigenvalue weighted by molar-refractivity contribution is 5.94. The van der Waals surface area contributed by atoms with Gasteiger partial charge in [0.05, 0.1) is 0 Å². The van der Waals surface area contributed by atoms with Crippen LogP contribution in [-0.4, -0.2) is 58.1 Å². The van der Waals surface area contributed by atoms with Crippen LogP contribution in [0.3, 0.4) is 0 Å². The molecule has 1 spiro atoms. The molecule has 120 valence electrons. The highest BCUT2D eigenvalue weighted by Crippen LogP contribution is 2.37. The molecule has 2 fully saturated rings. The lowest BCUT2D eigenvalue weighted by Gasteiger charge is -2.43. The van der Waals surface area contributed by atoms with E-state index in [0.29, 0.717) is 11.2 Å². The van der Waals surface area contributed by atoms with Crippen molar-refractivity contribution in [3.63, 3.8) is 0 Å². The SMILES string of the molecule is CN1CCCC12CCN(C(=O)c1n[nH]c3c1CCCC3)CC2. The topological polar surface area (TPSA) is 52.2 Å². The summed E-state index contributed by atoms with van der Waals surface area (Å²) >= 11 is 0. The summed E-state index contributed by atoms with van der Waals surface area (Å²) < 4.78 is 0. The third-order valence-electron chi connectivity index (χ3n) is 6.19. The minimum atomic E-state index is 0.148. The van der Waals surface area contributed by atoms with Crippen LogP contribution in [0, 0.1) is 0 Å². The van der Waals surface area contributed by atoms with E-state index in [9.17, 15) is 4.79 Å². The number of hydrogen-bond donors (Lipinski definition) is 1. The number of aromatic amines is 1. The van der Waals surface area contributed by atoms with Gasteiger partial charge < -0.3 is 9.80 Å². The maximum Gasteiger partial charge on any atom is 0.274 e. The second-order valence-electron chi connectivity index (χ2n) is 7.28. The second kappa shape index (κ2) is 5.37. The van der Waals surface area contributed by atoms with Gasteiger partial charge in [0.15, 0.2) is 5.69 Å². The van der Waals surface area contributed by atoms with Crippen molar-refractivity contribution in [2.75, 3.05) is 26.7 Å². The average molecular weight is 302 g/mol. The standard InChI is InChI=1S/C17H26N4O/c1-20-10-4-7-17(20)8-11-21(12-9-17)16(22)15-13-5-2-3-6-14(13)18-19-15/h2-12H2,1H3,(H,18,19). The van der Waals surface area contributed by atoms with E-state index in [1.807, 2.05) is 4.90 Å². The number of carbonyl (C=O) groups excluding carboxylic acids is 1. The van der Waals surface area contributed by atoms with Crippen LogP contribution in [0.25, 0.3) is 0 Å². The monoisotopic (exact) mass is 302 g/mol. The number of nitrogens with zero attached hydrogens (tertiary/aromatic N) is 3. The van der Waals surface area contributed by atoms with Crippen molar-refractivity contribution in [3.05, 3.63) is 17.0 Å². The van der Waals surface area contributed by atoms with E-state index in [0.717, 1.165) is 38.8 Å². The van der Waals surface area contributed by atoms with Gasteiger partial charge in [-0.2, -0.15) is 5.10 Å². The summed E-state index contributed by atoms with van der Waals surface area (Å²) in [4.78, 5) is 17.4. The third-order valence-corrected chi connectivity index (χ3v) is 6.19. The number of nitrogens with one attached hydrogen (secondary N) is 1. The minimum absolute atomic E-state index is 0.148. The second-order valence-corrected chi connectivity index (χ2v) is 7.28. The average Bonchev–Trinajstić information content (AvgIpc) is 3.12. The molecule has 1 aromatic heterocycles. The molecular formula is C17H26N4O. The number of piperidine rings is 1. The summed E-state index contributed by atoms with van der Waals surface area (Å²) in [5.74, 6) is 0.148. The van der Waals surface area contributed by atoms with E-state index in [-0.39, 0.29) is 5.91 Å². The zero-order chi connectivity index (χ0) is 15.2. The first kappa shape index (κ1) is 14.2. The van der Waals surface area contributed by atoms with Gasteiger partial charge in [-0.15, -0.1) is 0 Å². The third kappa shape index (κ3) is 2.18. The van der Waals surface area contributed by atoms with Crippen molar-refractivity contribution in [2.45, 2.75) is 56.9 Å². The van der Waals surface area contributed by atoms with Gasteiger partial charge in [0.2, 0.25) is 0 Å². The molecule has 4 rings (SSSR count). The number of H-pyrrole nitrogens is 1. The van der Waals surface area contributed by atoms with Gasteiger partial charge in [-0.05, 0) is 65.0 Å². The summed E-state index contributed by atoms with van der Waals surface area (Å²) in [6.45, 7) is 2.97. The van der Waals surface area contributed by atoms with E-state index in [2.05, 4.69) is 22.1 Å². The molecule has 0 unspecified atom stereocenters. The summed E-state index contributed by atoms with van der Waals surface area (Å²) in [6.07, 6.45) is 9.27. The molecule has 1 aromatic rings. The normalized spacial score (nSPS) is 24.7. The first-order valence-electron chi connectivity index (χ1n) is 8.76. The van der Waals surface area contributed by atoms with Crippen LogP contribution in [0.1, 0.15) is 60.3 Å². The molecule has 5 nitrogen and oxygen atoms in total. The Morgan fingerprint density at radius 1 is 1.09 bits per heavy atom. The Morgan fingerprint density at radius 2 is 1.86 bits per heavy atom. The molecule has 1 amide bonds. The van der Waals surface area contributed by atoms with Crippen molar-refractivity contribution >= 4 is 5.91 Å². The summed E-state index contributed by atoms with van der Waals surface area (Å²) in [5, 5.41) is 7.45. The number of likely N-dealkylation sites (tertiary alicyclic amines) is 2. The van der Waals surface area contributed by atoms with Crippen LogP contribution < -0.4 is 0 Å². The Labute approximate surface area is 132 Å². The van der Waals surface area contributed by atoms with E-state index in [1.54, 1.807) is 0 Å². The van der Waals surface area contributed by atoms with Crippen LogP contribution in [-0.2, 0) is 12.8 Å². The molecule has 0 bridgehead atoms. The molecule has 0 aromatic carbocycles. The lowest BCUT2D eigenvalue weighted by molar-refractivity contribution is 0.0486. The predicted octanol–water partition coefficient (Wildman–Crippen LogP) is 1.99. The van der Waals surface area contributed by atoms with E-state index in [1.165, 1.54) is 43.5 Å². The molecule has 0 radical (unpaired) electrons. The summed E-state index contributed by atoms with van der Waals surface area (Å²) in [5.41, 5.74) is 3.44. The molecule has 1 aliphatic carbocycles. The van der Waals surface area contributed by atoms with Crippen LogP contribution in [0.15, 0.2) is 0 Å². The van der Waals surface area contributed by atoms with Crippen molar-refractivity contribution in [1.29, 1.82) is 0 Å². The molecule has 0 atom stereocenters. The quantitative estimate of drug-likeness (QED) is 0.863. The molecule has 0 saturated carbocycles. The molecule has 3 heterocycles. The van der Waals surface area contributed by atoms with Crippen LogP contribution in [0.5, 0.6) is 0 Å². The number of amides is 1. The molecule has 22 heavy (non-hydrogen) atoms. The Balaban J connectivity index is 1.47. The van der Waals surface area contributed by atoms with E-state index < -0.39 is 0 Å². The van der Waals surface area contributed by atoms with Crippen molar-refractivity contribution in [2.24, 2.45) is 0 Å². The summed E-state index contributed by atoms with van der Waals surface area (Å²) in [7, 11) is 2.24. The fourth-order valence-corrected chi connectivity index (χ4v) is 4.64. The highest BCUT2D eigenvalue weighted by atomic mass is 16.2. The Morgan fingerprint density at radius 3 is 2.59 bits per heavy atom. The lowest BCUT2D eigenvalue weighted by atomic mass is 9.85. The Kier molecular flexibility index (Phi) is 3.48. The van der Waals surface area contributed by atoms with Gasteiger partial charge in [-0.1, -0.05) is 0 Å². The Hall–Kier alpha value is -1.36. The van der Waals surface area contributed by atoms with Gasteiger partial charge in [-0.25, -0.2) is 0 Å². The minimum Gasteiger partial charge on any atom is -0.337 e.